The van der Waals surface area contributed by atoms with Crippen molar-refractivity contribution in [1.82, 2.24) is 0 Å². The van der Waals surface area contributed by atoms with Gasteiger partial charge in [-0.3, -0.25) is 9.59 Å². The third-order valence-electron chi connectivity index (χ3n) is 5.75. The van der Waals surface area contributed by atoms with Gasteiger partial charge in [0.05, 0.1) is 12.5 Å². The standard InChI is InChI=1S/C21H26O6/c1-14(18(22)23)11-20(3)19(24)26-13-21(20)15(2)9-10-17(27-21)25-12-16-7-5-4-6-8-16/h4-9,14,17H,10-13H2,1-3H3,(H,22,23)/t14?,17-,20+,21-/m0/s1. The van der Waals surface area contributed by atoms with Crippen LogP contribution < -0.4 is 0 Å². The van der Waals surface area contributed by atoms with Gasteiger partial charge in [-0.25, -0.2) is 0 Å². The van der Waals surface area contributed by atoms with Crippen LogP contribution in [0.3, 0.4) is 0 Å². The van der Waals surface area contributed by atoms with Crippen LogP contribution in [-0.4, -0.2) is 35.5 Å². The molecule has 1 aromatic carbocycles. The van der Waals surface area contributed by atoms with E-state index in [2.05, 4.69) is 0 Å². The predicted octanol–water partition coefficient (Wildman–Crippen LogP) is 3.31. The van der Waals surface area contributed by atoms with E-state index >= 15 is 0 Å². The van der Waals surface area contributed by atoms with Crippen molar-refractivity contribution in [3.63, 3.8) is 0 Å². The topological polar surface area (TPSA) is 82.1 Å². The second kappa shape index (κ2) is 7.44. The van der Waals surface area contributed by atoms with Gasteiger partial charge >= 0.3 is 11.9 Å². The Labute approximate surface area is 159 Å². The van der Waals surface area contributed by atoms with Gasteiger partial charge in [0.25, 0.3) is 0 Å². The molecule has 4 atom stereocenters. The van der Waals surface area contributed by atoms with Crippen LogP contribution in [-0.2, 0) is 30.4 Å². The Bertz CT molecular complexity index is 742. The molecule has 2 aliphatic rings. The molecular formula is C21H26O6. The first-order valence-electron chi connectivity index (χ1n) is 9.19. The fourth-order valence-electron chi connectivity index (χ4n) is 3.98. The number of hydrogen-bond acceptors (Lipinski definition) is 5. The highest BCUT2D eigenvalue weighted by atomic mass is 16.7. The summed E-state index contributed by atoms with van der Waals surface area (Å²) in [7, 11) is 0. The van der Waals surface area contributed by atoms with Crippen LogP contribution in [0.4, 0.5) is 0 Å². The lowest BCUT2D eigenvalue weighted by atomic mass is 9.66. The normalized spacial score (nSPS) is 31.4. The van der Waals surface area contributed by atoms with Crippen LogP contribution in [0.2, 0.25) is 0 Å². The van der Waals surface area contributed by atoms with E-state index in [1.807, 2.05) is 43.3 Å². The summed E-state index contributed by atoms with van der Waals surface area (Å²) in [6, 6.07) is 9.78. The zero-order chi connectivity index (χ0) is 19.7. The second-order valence-corrected chi connectivity index (χ2v) is 7.65. The molecule has 6 heteroatoms. The molecule has 0 saturated carbocycles. The van der Waals surface area contributed by atoms with E-state index in [1.54, 1.807) is 13.8 Å². The van der Waals surface area contributed by atoms with Crippen LogP contribution in [0.5, 0.6) is 0 Å². The Balaban J connectivity index is 1.81. The predicted molar refractivity (Wildman–Crippen MR) is 97.7 cm³/mol. The number of rotatable bonds is 6. The number of carboxylic acids is 1. The molecule has 1 spiro atoms. The average molecular weight is 374 g/mol. The van der Waals surface area contributed by atoms with Gasteiger partial charge in [-0.15, -0.1) is 0 Å². The second-order valence-electron chi connectivity index (χ2n) is 7.65. The molecule has 1 fully saturated rings. The molecule has 1 aromatic rings. The number of carboxylic acid groups (broad SMARTS) is 1. The molecule has 0 amide bonds. The highest BCUT2D eigenvalue weighted by Crippen LogP contribution is 2.52. The molecular weight excluding hydrogens is 348 g/mol. The summed E-state index contributed by atoms with van der Waals surface area (Å²) < 4.78 is 17.6. The summed E-state index contributed by atoms with van der Waals surface area (Å²) in [6.07, 6.45) is 2.18. The van der Waals surface area contributed by atoms with E-state index in [0.717, 1.165) is 11.1 Å². The number of carbonyl (C=O) groups excluding carboxylic acids is 1. The smallest absolute Gasteiger partial charge is 0.315 e. The average Bonchev–Trinajstić information content (AvgIpc) is 2.89. The Morgan fingerprint density at radius 2 is 2.07 bits per heavy atom. The summed E-state index contributed by atoms with van der Waals surface area (Å²) in [5.74, 6) is -2.06. The summed E-state index contributed by atoms with van der Waals surface area (Å²) in [6.45, 7) is 5.70. The SMILES string of the molecule is CC1=CC[C@@H](OCc2ccccc2)O[C@@]12COC(=O)[C@@]2(C)CC(C)C(=O)O. The van der Waals surface area contributed by atoms with Gasteiger partial charge < -0.3 is 19.3 Å². The molecule has 1 unspecified atom stereocenters. The van der Waals surface area contributed by atoms with Crippen molar-refractivity contribution in [2.45, 2.75) is 52.1 Å². The Morgan fingerprint density at radius 3 is 2.74 bits per heavy atom. The summed E-state index contributed by atoms with van der Waals surface area (Å²) in [5.41, 5.74) is -0.177. The first kappa shape index (κ1) is 19.6. The zero-order valence-electron chi connectivity index (χ0n) is 15.9. The van der Waals surface area contributed by atoms with E-state index in [9.17, 15) is 14.7 Å². The maximum absolute atomic E-state index is 12.6. The summed E-state index contributed by atoms with van der Waals surface area (Å²) in [4.78, 5) is 24.0. The zero-order valence-corrected chi connectivity index (χ0v) is 15.9. The maximum atomic E-state index is 12.6. The third kappa shape index (κ3) is 3.51. The lowest BCUT2D eigenvalue weighted by Gasteiger charge is -2.45. The van der Waals surface area contributed by atoms with E-state index in [4.69, 9.17) is 14.2 Å². The Kier molecular flexibility index (Phi) is 5.40. The first-order chi connectivity index (χ1) is 12.8. The van der Waals surface area contributed by atoms with Crippen molar-refractivity contribution >= 4 is 11.9 Å². The van der Waals surface area contributed by atoms with Crippen LogP contribution in [0.1, 0.15) is 39.2 Å². The van der Waals surface area contributed by atoms with Gasteiger partial charge in [0.1, 0.15) is 17.6 Å². The fraction of sp³-hybridized carbons (Fsp3) is 0.524. The molecule has 27 heavy (non-hydrogen) atoms. The Morgan fingerprint density at radius 1 is 1.37 bits per heavy atom. The van der Waals surface area contributed by atoms with Crippen LogP contribution in [0.15, 0.2) is 42.0 Å². The molecule has 1 N–H and O–H groups in total. The number of cyclic esters (lactones) is 1. The first-order valence-corrected chi connectivity index (χ1v) is 9.19. The minimum Gasteiger partial charge on any atom is -0.481 e. The van der Waals surface area contributed by atoms with Gasteiger partial charge in [0.2, 0.25) is 0 Å². The quantitative estimate of drug-likeness (QED) is 0.608. The van der Waals surface area contributed by atoms with Crippen molar-refractivity contribution in [3.8, 4) is 0 Å². The Hall–Kier alpha value is -2.18. The van der Waals surface area contributed by atoms with E-state index < -0.39 is 35.2 Å². The fourth-order valence-corrected chi connectivity index (χ4v) is 3.98. The molecule has 0 aliphatic carbocycles. The largest absolute Gasteiger partial charge is 0.481 e. The number of benzene rings is 1. The minimum atomic E-state index is -1.08. The van der Waals surface area contributed by atoms with Crippen molar-refractivity contribution in [1.29, 1.82) is 0 Å². The van der Waals surface area contributed by atoms with Gasteiger partial charge in [-0.05, 0) is 31.4 Å². The molecule has 0 aromatic heterocycles. The number of esters is 1. The van der Waals surface area contributed by atoms with E-state index in [-0.39, 0.29) is 13.0 Å². The van der Waals surface area contributed by atoms with Crippen LogP contribution in [0.25, 0.3) is 0 Å². The number of hydrogen-bond donors (Lipinski definition) is 1. The molecule has 1 saturated heterocycles. The monoisotopic (exact) mass is 374 g/mol. The van der Waals surface area contributed by atoms with E-state index in [1.165, 1.54) is 0 Å². The van der Waals surface area contributed by atoms with E-state index in [0.29, 0.717) is 13.0 Å². The van der Waals surface area contributed by atoms with Crippen LogP contribution >= 0.6 is 0 Å². The third-order valence-corrected chi connectivity index (χ3v) is 5.75. The van der Waals surface area contributed by atoms with Crippen molar-refractivity contribution in [2.75, 3.05) is 6.61 Å². The molecule has 2 heterocycles. The lowest BCUT2D eigenvalue weighted by Crippen LogP contribution is -2.55. The van der Waals surface area contributed by atoms with Gasteiger partial charge in [-0.1, -0.05) is 43.3 Å². The van der Waals surface area contributed by atoms with Gasteiger partial charge in [-0.2, -0.15) is 0 Å². The van der Waals surface area contributed by atoms with Gasteiger partial charge in [0.15, 0.2) is 6.29 Å². The molecule has 0 radical (unpaired) electrons. The molecule has 0 bridgehead atoms. The van der Waals surface area contributed by atoms with Crippen molar-refractivity contribution in [3.05, 3.63) is 47.5 Å². The van der Waals surface area contributed by atoms with Gasteiger partial charge in [0, 0.05) is 6.42 Å². The molecule has 2 aliphatic heterocycles. The lowest BCUT2D eigenvalue weighted by molar-refractivity contribution is -0.232. The van der Waals surface area contributed by atoms with Crippen molar-refractivity contribution < 1.29 is 28.9 Å². The summed E-state index contributed by atoms with van der Waals surface area (Å²) in [5, 5.41) is 9.33. The highest BCUT2D eigenvalue weighted by Gasteiger charge is 2.64. The molecule has 3 rings (SSSR count). The van der Waals surface area contributed by atoms with Crippen LogP contribution in [0, 0.1) is 11.3 Å². The maximum Gasteiger partial charge on any atom is 0.315 e. The highest BCUT2D eigenvalue weighted by molar-refractivity contribution is 5.83. The molecule has 6 nitrogen and oxygen atoms in total. The molecule has 146 valence electrons. The van der Waals surface area contributed by atoms with Crippen molar-refractivity contribution in [2.24, 2.45) is 11.3 Å². The number of carbonyl (C=O) groups is 2. The minimum absolute atomic E-state index is 0.0716. The summed E-state index contributed by atoms with van der Waals surface area (Å²) >= 11 is 0. The number of ether oxygens (including phenoxy) is 3. The number of aliphatic carboxylic acids is 1.